The van der Waals surface area contributed by atoms with Gasteiger partial charge in [-0.05, 0) is 68.5 Å². The maximum Gasteiger partial charge on any atom is 0.422 e. The Morgan fingerprint density at radius 1 is 0.839 bits per heavy atom. The van der Waals surface area contributed by atoms with Crippen LogP contribution in [0, 0.1) is 6.92 Å². The lowest BCUT2D eigenvalue weighted by atomic mass is 9.86. The summed E-state index contributed by atoms with van der Waals surface area (Å²) in [6, 6.07) is 11.8. The maximum absolute atomic E-state index is 13.4. The number of hydrogen-bond acceptors (Lipinski definition) is 5. The Bertz CT molecular complexity index is 978. The van der Waals surface area contributed by atoms with Gasteiger partial charge in [0.05, 0.1) is 18.4 Å². The van der Waals surface area contributed by atoms with Crippen molar-refractivity contribution in [1.82, 2.24) is 0 Å². The first-order chi connectivity index (χ1) is 14.2. The van der Waals surface area contributed by atoms with Crippen LogP contribution >= 0.6 is 0 Å². The Morgan fingerprint density at radius 3 is 1.87 bits per heavy atom. The number of hydrogen-bond donors (Lipinski definition) is 0. The molecule has 0 aliphatic rings. The van der Waals surface area contributed by atoms with E-state index in [1.807, 2.05) is 12.1 Å². The molecule has 0 bridgehead atoms. The number of anilines is 1. The molecular weight excluding hydrogens is 394 g/mol. The number of benzene rings is 2. The predicted octanol–water partition coefficient (Wildman–Crippen LogP) is 5.66. The van der Waals surface area contributed by atoms with Crippen LogP contribution in [-0.2, 0) is 14.9 Å². The molecule has 2 amide bonds. The zero-order chi connectivity index (χ0) is 23.6. The summed E-state index contributed by atoms with van der Waals surface area (Å²) in [5.41, 5.74) is 1.66. The van der Waals surface area contributed by atoms with Gasteiger partial charge in [0.15, 0.2) is 0 Å². The van der Waals surface area contributed by atoms with Gasteiger partial charge in [0.2, 0.25) is 0 Å². The molecule has 0 radical (unpaired) electrons. The Labute approximate surface area is 184 Å². The average molecular weight is 426 g/mol. The fourth-order valence-electron chi connectivity index (χ4n) is 2.94. The van der Waals surface area contributed by atoms with E-state index in [1.165, 1.54) is 13.2 Å². The van der Waals surface area contributed by atoms with Gasteiger partial charge in [0.25, 0.3) is 5.91 Å². The van der Waals surface area contributed by atoms with Crippen LogP contribution in [0.25, 0.3) is 0 Å². The fourth-order valence-corrected chi connectivity index (χ4v) is 2.94. The number of nitrogens with zero attached hydrogens (tertiary/aromatic N) is 1. The van der Waals surface area contributed by atoms with Crippen LogP contribution in [-0.4, -0.2) is 30.7 Å². The van der Waals surface area contributed by atoms with Crippen LogP contribution in [0.15, 0.2) is 42.5 Å². The van der Waals surface area contributed by atoms with Crippen LogP contribution in [0.4, 0.5) is 10.5 Å². The van der Waals surface area contributed by atoms with Crippen molar-refractivity contribution in [3.05, 3.63) is 64.7 Å². The Morgan fingerprint density at radius 2 is 1.39 bits per heavy atom. The molecule has 0 saturated carbocycles. The Hall–Kier alpha value is -3.15. The van der Waals surface area contributed by atoms with E-state index in [9.17, 15) is 14.4 Å². The van der Waals surface area contributed by atoms with Crippen molar-refractivity contribution in [2.75, 3.05) is 12.0 Å². The quantitative estimate of drug-likeness (QED) is 0.593. The van der Waals surface area contributed by atoms with E-state index in [0.29, 0.717) is 11.1 Å². The minimum atomic E-state index is -0.817. The summed E-state index contributed by atoms with van der Waals surface area (Å²) in [6.07, 6.45) is -0.817. The molecule has 31 heavy (non-hydrogen) atoms. The summed E-state index contributed by atoms with van der Waals surface area (Å²) in [5, 5.41) is 0. The highest BCUT2D eigenvalue weighted by Gasteiger charge is 2.31. The molecule has 6 heteroatoms. The maximum atomic E-state index is 13.4. The van der Waals surface area contributed by atoms with Gasteiger partial charge in [-0.1, -0.05) is 39.0 Å². The minimum Gasteiger partial charge on any atom is -0.465 e. The van der Waals surface area contributed by atoms with Crippen LogP contribution < -0.4 is 4.90 Å². The molecule has 0 heterocycles. The summed E-state index contributed by atoms with van der Waals surface area (Å²) in [6.45, 7) is 13.2. The van der Waals surface area contributed by atoms with Crippen molar-refractivity contribution < 1.29 is 23.9 Å². The highest BCUT2D eigenvalue weighted by atomic mass is 16.6. The van der Waals surface area contributed by atoms with Crippen LogP contribution in [0.3, 0.4) is 0 Å². The Balaban J connectivity index is 2.57. The number of methoxy groups -OCH3 is 1. The summed E-state index contributed by atoms with van der Waals surface area (Å²) in [4.78, 5) is 39.5. The first-order valence-corrected chi connectivity index (χ1v) is 10.1. The first kappa shape index (κ1) is 24.1. The molecule has 166 valence electrons. The number of carbonyl (C=O) groups is 3. The third-order valence-electron chi connectivity index (χ3n) is 4.65. The predicted molar refractivity (Wildman–Crippen MR) is 121 cm³/mol. The lowest BCUT2D eigenvalue weighted by molar-refractivity contribution is 0.0557. The molecule has 0 aliphatic heterocycles. The fraction of sp³-hybridized carbons (Fsp3) is 0.400. The summed E-state index contributed by atoms with van der Waals surface area (Å²) in [5.74, 6) is -1.10. The molecule has 0 unspecified atom stereocenters. The normalized spacial score (nSPS) is 11.6. The van der Waals surface area contributed by atoms with Crippen molar-refractivity contribution in [3.63, 3.8) is 0 Å². The summed E-state index contributed by atoms with van der Waals surface area (Å²) in [7, 11) is 1.27. The molecule has 0 N–H and O–H groups in total. The molecular formula is C25H31NO5. The minimum absolute atomic E-state index is 0.0716. The average Bonchev–Trinajstić information content (AvgIpc) is 2.67. The van der Waals surface area contributed by atoms with Gasteiger partial charge in [-0.2, -0.15) is 0 Å². The topological polar surface area (TPSA) is 72.9 Å². The molecule has 2 aromatic carbocycles. The second-order valence-corrected chi connectivity index (χ2v) is 9.44. The summed E-state index contributed by atoms with van der Waals surface area (Å²) >= 11 is 0. The molecule has 0 spiro atoms. The first-order valence-electron chi connectivity index (χ1n) is 10.1. The van der Waals surface area contributed by atoms with Crippen LogP contribution in [0.5, 0.6) is 0 Å². The van der Waals surface area contributed by atoms with Gasteiger partial charge < -0.3 is 9.47 Å². The van der Waals surface area contributed by atoms with Gasteiger partial charge in [0, 0.05) is 5.56 Å². The third kappa shape index (κ3) is 5.94. The highest BCUT2D eigenvalue weighted by molar-refractivity contribution is 6.20. The van der Waals surface area contributed by atoms with Crippen molar-refractivity contribution in [2.45, 2.75) is 59.5 Å². The highest BCUT2D eigenvalue weighted by Crippen LogP contribution is 2.28. The van der Waals surface area contributed by atoms with Gasteiger partial charge in [-0.25, -0.2) is 14.5 Å². The van der Waals surface area contributed by atoms with Gasteiger partial charge in [0.1, 0.15) is 5.60 Å². The smallest absolute Gasteiger partial charge is 0.422 e. The van der Waals surface area contributed by atoms with Gasteiger partial charge >= 0.3 is 12.1 Å². The summed E-state index contributed by atoms with van der Waals surface area (Å²) < 4.78 is 10.3. The molecule has 2 aromatic rings. The van der Waals surface area contributed by atoms with Crippen molar-refractivity contribution in [3.8, 4) is 0 Å². The van der Waals surface area contributed by atoms with E-state index < -0.39 is 23.6 Å². The van der Waals surface area contributed by atoms with Crippen molar-refractivity contribution >= 4 is 23.7 Å². The molecule has 0 aliphatic carbocycles. The van der Waals surface area contributed by atoms with Crippen LogP contribution in [0.1, 0.15) is 73.4 Å². The lowest BCUT2D eigenvalue weighted by Gasteiger charge is -2.27. The second kappa shape index (κ2) is 8.92. The zero-order valence-corrected chi connectivity index (χ0v) is 19.5. The molecule has 2 rings (SSSR count). The number of imide groups is 1. The van der Waals surface area contributed by atoms with E-state index >= 15 is 0 Å². The Kier molecular flexibility index (Phi) is 6.94. The number of amides is 2. The molecule has 0 atom stereocenters. The number of carbonyl (C=O) groups excluding carboxylic acids is 3. The zero-order valence-electron chi connectivity index (χ0n) is 19.5. The second-order valence-electron chi connectivity index (χ2n) is 9.44. The van der Waals surface area contributed by atoms with E-state index in [2.05, 4.69) is 20.8 Å². The monoisotopic (exact) mass is 425 g/mol. The van der Waals surface area contributed by atoms with E-state index in [0.717, 1.165) is 10.5 Å². The number of esters is 1. The van der Waals surface area contributed by atoms with E-state index in [4.69, 9.17) is 9.47 Å². The van der Waals surface area contributed by atoms with Crippen molar-refractivity contribution in [2.24, 2.45) is 0 Å². The van der Waals surface area contributed by atoms with Crippen molar-refractivity contribution in [1.29, 1.82) is 0 Å². The third-order valence-corrected chi connectivity index (χ3v) is 4.65. The molecule has 6 nitrogen and oxygen atoms in total. The van der Waals surface area contributed by atoms with Crippen LogP contribution in [0.2, 0.25) is 0 Å². The molecule has 0 aromatic heterocycles. The largest absolute Gasteiger partial charge is 0.465 e. The molecule has 0 fully saturated rings. The van der Waals surface area contributed by atoms with Gasteiger partial charge in [-0.15, -0.1) is 0 Å². The van der Waals surface area contributed by atoms with E-state index in [1.54, 1.807) is 52.0 Å². The number of rotatable bonds is 3. The van der Waals surface area contributed by atoms with E-state index in [-0.39, 0.29) is 16.7 Å². The van der Waals surface area contributed by atoms with Gasteiger partial charge in [-0.3, -0.25) is 4.79 Å². The number of aryl methyl sites for hydroxylation is 1. The SMILES string of the molecule is COC(=O)c1ccc(C)c(N(C(=O)OC(C)(C)C)C(=O)c2ccc(C(C)(C)C)cc2)c1. The molecule has 0 saturated heterocycles. The standard InChI is InChI=1S/C25H31NO5/c1-16-9-10-18(22(28)30-8)15-20(16)26(23(29)31-25(5,6)7)21(27)17-11-13-19(14-12-17)24(2,3)4/h9-15H,1-8H3. The lowest BCUT2D eigenvalue weighted by Crippen LogP contribution is -2.41. The number of ether oxygens (including phenoxy) is 2.